The van der Waals surface area contributed by atoms with Gasteiger partial charge in [-0.1, -0.05) is 64.1 Å². The van der Waals surface area contributed by atoms with E-state index >= 15 is 0 Å². The lowest BCUT2D eigenvalue weighted by atomic mass is 9.82. The van der Waals surface area contributed by atoms with Gasteiger partial charge in [0.15, 0.2) is 0 Å². The molecule has 0 aliphatic carbocycles. The van der Waals surface area contributed by atoms with E-state index in [9.17, 15) is 0 Å². The van der Waals surface area contributed by atoms with Crippen LogP contribution in [0.25, 0.3) is 0 Å². The van der Waals surface area contributed by atoms with Crippen LogP contribution in [0.1, 0.15) is 56.2 Å². The summed E-state index contributed by atoms with van der Waals surface area (Å²) in [7, 11) is 2.04. The first-order valence-corrected chi connectivity index (χ1v) is 12.9. The van der Waals surface area contributed by atoms with Crippen molar-refractivity contribution >= 4 is 41.5 Å². The summed E-state index contributed by atoms with van der Waals surface area (Å²) in [5.41, 5.74) is 8.81. The quantitative estimate of drug-likeness (QED) is 0.238. The van der Waals surface area contributed by atoms with Crippen LogP contribution in [-0.4, -0.2) is 12.1 Å². The summed E-state index contributed by atoms with van der Waals surface area (Å²) in [6.07, 6.45) is 4.05. The molecule has 2 aromatic heterocycles. The molecule has 0 saturated carbocycles. The average Bonchev–Trinajstić information content (AvgIpc) is 3.37. The first-order chi connectivity index (χ1) is 17.4. The van der Waals surface area contributed by atoms with E-state index in [1.807, 2.05) is 6.20 Å². The highest BCUT2D eigenvalue weighted by molar-refractivity contribution is 6.79. The van der Waals surface area contributed by atoms with Crippen molar-refractivity contribution < 1.29 is 4.57 Å². The molecule has 0 unspecified atom stereocenters. The number of fused-ring (bicyclic) bond motifs is 5. The van der Waals surface area contributed by atoms with Gasteiger partial charge in [-0.25, -0.2) is 14.4 Å². The second kappa shape index (κ2) is 8.40. The van der Waals surface area contributed by atoms with E-state index in [-0.39, 0.29) is 7.12 Å². The molecule has 2 aliphatic rings. The number of hydrogen-bond acceptors (Lipinski definition) is 4. The second-order valence-corrected chi connectivity index (χ2v) is 10.5. The van der Waals surface area contributed by atoms with Gasteiger partial charge in [-0.2, -0.15) is 0 Å². The van der Waals surface area contributed by atoms with Gasteiger partial charge in [0, 0.05) is 11.9 Å². The maximum atomic E-state index is 4.95. The van der Waals surface area contributed by atoms with Crippen molar-refractivity contribution in [3.63, 3.8) is 0 Å². The van der Waals surface area contributed by atoms with Gasteiger partial charge in [-0.05, 0) is 65.8 Å². The van der Waals surface area contributed by atoms with E-state index in [1.54, 1.807) is 0 Å². The van der Waals surface area contributed by atoms with Gasteiger partial charge in [0.25, 0.3) is 5.82 Å². The second-order valence-electron chi connectivity index (χ2n) is 10.5. The van der Waals surface area contributed by atoms with Crippen LogP contribution < -0.4 is 19.0 Å². The summed E-state index contributed by atoms with van der Waals surface area (Å²) in [5, 5.41) is 0. The lowest BCUT2D eigenvalue weighted by Gasteiger charge is -2.31. The maximum Gasteiger partial charge on any atom is 0.645 e. The zero-order chi connectivity index (χ0) is 25.1. The SMILES string of the molecule is Cc1ccccc1N1B2N(c3ccc[n+](C)c31)c1ncccc1N2c1c(C(C)C)cccc1C(C)C. The Bertz CT molecular complexity index is 1440. The molecule has 6 rings (SSSR count). The third kappa shape index (κ3) is 3.17. The van der Waals surface area contributed by atoms with E-state index in [1.165, 1.54) is 39.6 Å². The van der Waals surface area contributed by atoms with Crippen molar-refractivity contribution in [1.29, 1.82) is 0 Å². The molecule has 5 nitrogen and oxygen atoms in total. The van der Waals surface area contributed by atoms with Gasteiger partial charge >= 0.3 is 7.12 Å². The van der Waals surface area contributed by atoms with Gasteiger partial charge in [0.2, 0.25) is 0 Å². The fraction of sp³-hybridized carbons (Fsp3) is 0.267. The van der Waals surface area contributed by atoms with Crippen LogP contribution in [0.4, 0.5) is 34.4 Å². The number of para-hydroxylation sites is 2. The van der Waals surface area contributed by atoms with Gasteiger partial charge in [-0.15, -0.1) is 0 Å². The first-order valence-electron chi connectivity index (χ1n) is 12.9. The van der Waals surface area contributed by atoms with Crippen LogP contribution in [0.15, 0.2) is 79.1 Å². The summed E-state index contributed by atoms with van der Waals surface area (Å²) in [5.74, 6) is 2.95. The molecule has 2 aromatic carbocycles. The molecule has 0 atom stereocenters. The van der Waals surface area contributed by atoms with Crippen LogP contribution in [0.3, 0.4) is 0 Å². The average molecular weight is 474 g/mol. The number of rotatable bonds is 4. The topological polar surface area (TPSA) is 26.5 Å². The molecular formula is C30H33BN5+. The van der Waals surface area contributed by atoms with Crippen molar-refractivity contribution in [2.24, 2.45) is 7.05 Å². The molecule has 2 aliphatic heterocycles. The minimum Gasteiger partial charge on any atom is -0.319 e. The lowest BCUT2D eigenvalue weighted by molar-refractivity contribution is -0.657. The first kappa shape index (κ1) is 22.7. The molecule has 0 bridgehead atoms. The number of pyridine rings is 2. The zero-order valence-corrected chi connectivity index (χ0v) is 22.0. The molecule has 4 heterocycles. The Morgan fingerprint density at radius 3 is 2.08 bits per heavy atom. The smallest absolute Gasteiger partial charge is 0.319 e. The number of benzene rings is 2. The van der Waals surface area contributed by atoms with Gasteiger partial charge < -0.3 is 4.81 Å². The number of nitrogens with zero attached hydrogens (tertiary/aromatic N) is 5. The minimum atomic E-state index is -0.100. The van der Waals surface area contributed by atoms with E-state index in [0.717, 1.165) is 11.5 Å². The maximum absolute atomic E-state index is 4.95. The normalized spacial score (nSPS) is 14.1. The Morgan fingerprint density at radius 1 is 0.722 bits per heavy atom. The molecule has 4 aromatic rings. The number of aryl methyl sites for hydroxylation is 2. The number of anilines is 6. The Morgan fingerprint density at radius 2 is 1.39 bits per heavy atom. The molecule has 0 amide bonds. The van der Waals surface area contributed by atoms with Gasteiger partial charge in [-0.3, -0.25) is 4.81 Å². The zero-order valence-electron chi connectivity index (χ0n) is 22.0. The van der Waals surface area contributed by atoms with E-state index in [0.29, 0.717) is 11.8 Å². The third-order valence-electron chi connectivity index (χ3n) is 7.52. The highest BCUT2D eigenvalue weighted by Gasteiger charge is 2.62. The van der Waals surface area contributed by atoms with Crippen molar-refractivity contribution in [3.05, 3.63) is 95.8 Å². The van der Waals surface area contributed by atoms with Gasteiger partial charge in [0.1, 0.15) is 17.2 Å². The molecule has 0 fully saturated rings. The Labute approximate surface area is 214 Å². The molecule has 180 valence electrons. The van der Waals surface area contributed by atoms with Crippen LogP contribution >= 0.6 is 0 Å². The van der Waals surface area contributed by atoms with Crippen LogP contribution in [0.5, 0.6) is 0 Å². The van der Waals surface area contributed by atoms with Crippen molar-refractivity contribution in [1.82, 2.24) is 4.98 Å². The molecule has 0 spiro atoms. The molecular weight excluding hydrogens is 441 g/mol. The summed E-state index contributed by atoms with van der Waals surface area (Å²) < 4.78 is 2.23. The number of hydrogen-bond donors (Lipinski definition) is 0. The van der Waals surface area contributed by atoms with Crippen LogP contribution in [0, 0.1) is 6.92 Å². The van der Waals surface area contributed by atoms with E-state index < -0.39 is 0 Å². The fourth-order valence-electron chi connectivity index (χ4n) is 5.86. The standard InChI is InChI=1S/C30H33BN5/c1-20(2)23-13-9-14-24(21(3)4)28(23)34-26-16-10-18-32-29(26)35-27-17-11-19-33(6)30(27)36(31(34)35)25-15-8-7-12-22(25)5/h7-21H,1-6H3/q+1. The Balaban J connectivity index is 1.70. The molecule has 6 heteroatoms. The Kier molecular flexibility index (Phi) is 5.29. The summed E-state index contributed by atoms with van der Waals surface area (Å²) in [4.78, 5) is 12.4. The molecule has 0 saturated heterocycles. The summed E-state index contributed by atoms with van der Waals surface area (Å²) >= 11 is 0. The predicted octanol–water partition coefficient (Wildman–Crippen LogP) is 6.89. The predicted molar refractivity (Wildman–Crippen MR) is 150 cm³/mol. The van der Waals surface area contributed by atoms with Gasteiger partial charge in [0.05, 0.1) is 18.9 Å². The van der Waals surface area contributed by atoms with Crippen LogP contribution in [0.2, 0.25) is 0 Å². The number of aromatic nitrogens is 2. The lowest BCUT2D eigenvalue weighted by Crippen LogP contribution is -2.53. The van der Waals surface area contributed by atoms with E-state index in [2.05, 4.69) is 134 Å². The monoisotopic (exact) mass is 474 g/mol. The highest BCUT2D eigenvalue weighted by Crippen LogP contribution is 2.55. The van der Waals surface area contributed by atoms with Crippen molar-refractivity contribution in [3.8, 4) is 0 Å². The Hall–Kier alpha value is -3.80. The molecule has 36 heavy (non-hydrogen) atoms. The molecule has 0 N–H and O–H groups in total. The summed E-state index contributed by atoms with van der Waals surface area (Å²) in [6.45, 7) is 11.4. The highest BCUT2D eigenvalue weighted by atomic mass is 15.5. The molecule has 0 radical (unpaired) electrons. The summed E-state index contributed by atoms with van der Waals surface area (Å²) in [6, 6.07) is 24.1. The minimum absolute atomic E-state index is 0.100. The third-order valence-corrected chi connectivity index (χ3v) is 7.52. The van der Waals surface area contributed by atoms with Crippen molar-refractivity contribution in [2.45, 2.75) is 46.5 Å². The van der Waals surface area contributed by atoms with Crippen molar-refractivity contribution in [2.75, 3.05) is 14.4 Å². The van der Waals surface area contributed by atoms with E-state index in [4.69, 9.17) is 4.98 Å². The van der Waals surface area contributed by atoms with Crippen LogP contribution in [-0.2, 0) is 7.05 Å². The largest absolute Gasteiger partial charge is 0.645 e. The fourth-order valence-corrected chi connectivity index (χ4v) is 5.86.